The van der Waals surface area contributed by atoms with E-state index in [2.05, 4.69) is 5.32 Å². The molecular formula is C20H21F2NO. The Kier molecular flexibility index (Phi) is 4.39. The third kappa shape index (κ3) is 3.48. The molecule has 0 spiro atoms. The zero-order valence-electron chi connectivity index (χ0n) is 13.9. The fraction of sp³-hybridized carbons (Fsp3) is 0.350. The molecule has 0 atom stereocenters. The second kappa shape index (κ2) is 6.34. The molecule has 24 heavy (non-hydrogen) atoms. The van der Waals surface area contributed by atoms with Crippen LogP contribution in [0.5, 0.6) is 0 Å². The van der Waals surface area contributed by atoms with E-state index < -0.39 is 5.41 Å². The molecule has 3 rings (SSSR count). The van der Waals surface area contributed by atoms with E-state index in [-0.39, 0.29) is 24.1 Å². The highest BCUT2D eigenvalue weighted by atomic mass is 19.1. The number of nitrogens with one attached hydrogen (secondary N) is 1. The smallest absolute Gasteiger partial charge is 0.230 e. The van der Waals surface area contributed by atoms with Crippen LogP contribution in [0.3, 0.4) is 0 Å². The monoisotopic (exact) mass is 329 g/mol. The van der Waals surface area contributed by atoms with Crippen LogP contribution < -0.4 is 5.32 Å². The molecule has 0 radical (unpaired) electrons. The van der Waals surface area contributed by atoms with E-state index in [0.717, 1.165) is 18.4 Å². The molecular weight excluding hydrogens is 308 g/mol. The van der Waals surface area contributed by atoms with E-state index >= 15 is 0 Å². The van der Waals surface area contributed by atoms with Crippen molar-refractivity contribution in [2.45, 2.75) is 44.6 Å². The molecule has 0 aromatic heterocycles. The van der Waals surface area contributed by atoms with Gasteiger partial charge in [0, 0.05) is 12.1 Å². The van der Waals surface area contributed by atoms with Gasteiger partial charge in [0.25, 0.3) is 0 Å². The highest BCUT2D eigenvalue weighted by Crippen LogP contribution is 2.40. The molecule has 2 nitrogen and oxygen atoms in total. The van der Waals surface area contributed by atoms with E-state index in [4.69, 9.17) is 0 Å². The van der Waals surface area contributed by atoms with Gasteiger partial charge in [0.2, 0.25) is 5.91 Å². The number of halogens is 2. The summed E-state index contributed by atoms with van der Waals surface area (Å²) in [6.07, 6.45) is 2.30. The van der Waals surface area contributed by atoms with Crippen LogP contribution in [0.1, 0.15) is 49.3 Å². The molecule has 0 unspecified atom stereocenters. The van der Waals surface area contributed by atoms with Gasteiger partial charge >= 0.3 is 0 Å². The van der Waals surface area contributed by atoms with Gasteiger partial charge < -0.3 is 5.32 Å². The van der Waals surface area contributed by atoms with E-state index in [9.17, 15) is 13.6 Å². The number of hydrogen-bond donors (Lipinski definition) is 1. The minimum atomic E-state index is -0.821. The fourth-order valence-electron chi connectivity index (χ4n) is 2.79. The summed E-state index contributed by atoms with van der Waals surface area (Å²) in [5.74, 6) is -0.325. The first kappa shape index (κ1) is 16.6. The molecule has 1 fully saturated rings. The second-order valence-electron chi connectivity index (χ2n) is 6.94. The summed E-state index contributed by atoms with van der Waals surface area (Å²) >= 11 is 0. The van der Waals surface area contributed by atoms with Crippen LogP contribution in [-0.2, 0) is 16.8 Å². The molecule has 1 saturated carbocycles. The topological polar surface area (TPSA) is 29.1 Å². The molecule has 0 bridgehead atoms. The number of benzene rings is 2. The lowest BCUT2D eigenvalue weighted by Gasteiger charge is -2.24. The maximum atomic E-state index is 14.0. The third-order valence-electron chi connectivity index (χ3n) is 4.69. The lowest BCUT2D eigenvalue weighted by molar-refractivity contribution is -0.125. The summed E-state index contributed by atoms with van der Waals surface area (Å²) in [5, 5.41) is 2.81. The van der Waals surface area contributed by atoms with Crippen LogP contribution in [0, 0.1) is 11.6 Å². The molecule has 2 aromatic carbocycles. The van der Waals surface area contributed by atoms with Crippen molar-refractivity contribution < 1.29 is 13.6 Å². The minimum Gasteiger partial charge on any atom is -0.351 e. The van der Waals surface area contributed by atoms with Gasteiger partial charge in [-0.3, -0.25) is 4.79 Å². The molecule has 126 valence electrons. The standard InChI is InChI=1S/C20H21F2NO/c1-20(2,16-6-8-17(21)9-7-16)19(24)23-12-15-11-14(13-3-4-13)5-10-18(15)22/h5-11,13H,3-4,12H2,1-2H3,(H,23,24). The summed E-state index contributed by atoms with van der Waals surface area (Å²) in [6, 6.07) is 11.0. The largest absolute Gasteiger partial charge is 0.351 e. The van der Waals surface area contributed by atoms with Crippen LogP contribution >= 0.6 is 0 Å². The summed E-state index contributed by atoms with van der Waals surface area (Å²) in [6.45, 7) is 3.69. The van der Waals surface area contributed by atoms with Crippen molar-refractivity contribution in [1.82, 2.24) is 5.32 Å². The third-order valence-corrected chi connectivity index (χ3v) is 4.69. The van der Waals surface area contributed by atoms with Crippen molar-refractivity contribution in [1.29, 1.82) is 0 Å². The van der Waals surface area contributed by atoms with Crippen LogP contribution in [0.15, 0.2) is 42.5 Å². The lowest BCUT2D eigenvalue weighted by atomic mass is 9.83. The quantitative estimate of drug-likeness (QED) is 0.863. The van der Waals surface area contributed by atoms with Crippen molar-refractivity contribution in [3.05, 3.63) is 70.8 Å². The Morgan fingerprint density at radius 1 is 1.12 bits per heavy atom. The average Bonchev–Trinajstić information content (AvgIpc) is 3.39. The second-order valence-corrected chi connectivity index (χ2v) is 6.94. The van der Waals surface area contributed by atoms with Crippen molar-refractivity contribution in [3.63, 3.8) is 0 Å². The van der Waals surface area contributed by atoms with Gasteiger partial charge in [-0.25, -0.2) is 8.78 Å². The average molecular weight is 329 g/mol. The number of carbonyl (C=O) groups is 1. The van der Waals surface area contributed by atoms with Gasteiger partial charge in [-0.15, -0.1) is 0 Å². The van der Waals surface area contributed by atoms with Crippen molar-refractivity contribution in [3.8, 4) is 0 Å². The van der Waals surface area contributed by atoms with Gasteiger partial charge in [-0.05, 0) is 61.9 Å². The highest BCUT2D eigenvalue weighted by Gasteiger charge is 2.30. The molecule has 4 heteroatoms. The predicted octanol–water partition coefficient (Wildman–Crippen LogP) is 4.44. The van der Waals surface area contributed by atoms with Crippen LogP contribution in [-0.4, -0.2) is 5.91 Å². The van der Waals surface area contributed by atoms with Crippen LogP contribution in [0.2, 0.25) is 0 Å². The summed E-state index contributed by atoms with van der Waals surface area (Å²) in [5.41, 5.74) is 1.54. The van der Waals surface area contributed by atoms with Crippen LogP contribution in [0.4, 0.5) is 8.78 Å². The maximum Gasteiger partial charge on any atom is 0.230 e. The lowest BCUT2D eigenvalue weighted by Crippen LogP contribution is -2.39. The zero-order valence-corrected chi connectivity index (χ0v) is 13.9. The van der Waals surface area contributed by atoms with Gasteiger partial charge in [-0.1, -0.05) is 24.3 Å². The molecule has 0 heterocycles. The van der Waals surface area contributed by atoms with Crippen molar-refractivity contribution in [2.24, 2.45) is 0 Å². The Morgan fingerprint density at radius 2 is 1.79 bits per heavy atom. The summed E-state index contributed by atoms with van der Waals surface area (Å²) in [7, 11) is 0. The number of carbonyl (C=O) groups excluding carboxylic acids is 1. The van der Waals surface area contributed by atoms with E-state index in [0.29, 0.717) is 17.0 Å². The Hall–Kier alpha value is -2.23. The van der Waals surface area contributed by atoms with Gasteiger partial charge in [0.1, 0.15) is 11.6 Å². The van der Waals surface area contributed by atoms with Gasteiger partial charge in [0.15, 0.2) is 0 Å². The zero-order chi connectivity index (χ0) is 17.3. The fourth-order valence-corrected chi connectivity index (χ4v) is 2.79. The SMILES string of the molecule is CC(C)(C(=O)NCc1cc(C2CC2)ccc1F)c1ccc(F)cc1. The van der Waals surface area contributed by atoms with Crippen LogP contribution in [0.25, 0.3) is 0 Å². The molecule has 1 aliphatic rings. The molecule has 2 aromatic rings. The maximum absolute atomic E-state index is 14.0. The highest BCUT2D eigenvalue weighted by molar-refractivity contribution is 5.87. The molecule has 1 amide bonds. The molecule has 1 N–H and O–H groups in total. The van der Waals surface area contributed by atoms with E-state index in [1.54, 1.807) is 26.0 Å². The first-order valence-electron chi connectivity index (χ1n) is 8.20. The minimum absolute atomic E-state index is 0.149. The number of amides is 1. The van der Waals surface area contributed by atoms with E-state index in [1.165, 1.54) is 18.2 Å². The Bertz CT molecular complexity index is 749. The first-order valence-corrected chi connectivity index (χ1v) is 8.20. The Morgan fingerprint density at radius 3 is 2.42 bits per heavy atom. The summed E-state index contributed by atoms with van der Waals surface area (Å²) < 4.78 is 27.0. The molecule has 1 aliphatic carbocycles. The van der Waals surface area contributed by atoms with Gasteiger partial charge in [0.05, 0.1) is 5.41 Å². The molecule has 0 saturated heterocycles. The molecule has 0 aliphatic heterocycles. The van der Waals surface area contributed by atoms with Crippen molar-refractivity contribution >= 4 is 5.91 Å². The van der Waals surface area contributed by atoms with Gasteiger partial charge in [-0.2, -0.15) is 0 Å². The summed E-state index contributed by atoms with van der Waals surface area (Å²) in [4.78, 5) is 12.5. The number of hydrogen-bond acceptors (Lipinski definition) is 1. The van der Waals surface area contributed by atoms with Crippen molar-refractivity contribution in [2.75, 3.05) is 0 Å². The normalized spacial score (nSPS) is 14.5. The first-order chi connectivity index (χ1) is 11.4. The Labute approximate surface area is 140 Å². The Balaban J connectivity index is 1.70. The number of rotatable bonds is 5. The van der Waals surface area contributed by atoms with E-state index in [1.807, 2.05) is 12.1 Å². The predicted molar refractivity (Wildman–Crippen MR) is 89.6 cm³/mol.